The Balaban J connectivity index is 2.55. The maximum absolute atomic E-state index is 10.2. The number of rotatable bonds is 7. The van der Waals surface area contributed by atoms with E-state index in [0.717, 1.165) is 29.9 Å². The van der Waals surface area contributed by atoms with Crippen molar-refractivity contribution in [3.63, 3.8) is 0 Å². The van der Waals surface area contributed by atoms with Crippen LogP contribution in [0.25, 0.3) is 0 Å². The number of nitrogen functional groups attached to an aromatic ring is 1. The van der Waals surface area contributed by atoms with E-state index < -0.39 is 6.10 Å². The summed E-state index contributed by atoms with van der Waals surface area (Å²) in [4.78, 5) is 2.20. The van der Waals surface area contributed by atoms with Gasteiger partial charge in [-0.05, 0) is 34.2 Å². The standard InChI is InChI=1S/C14H28N4O/c1-6-7-10(2)17(5)8-13(19)9-18-12(4)14(15)11(3)16-18/h10,13,19H,6-9,15H2,1-5H3. The van der Waals surface area contributed by atoms with Gasteiger partial charge >= 0.3 is 0 Å². The molecule has 5 heteroatoms. The Morgan fingerprint density at radius 2 is 2.05 bits per heavy atom. The first-order valence-electron chi connectivity index (χ1n) is 7.04. The lowest BCUT2D eigenvalue weighted by molar-refractivity contribution is 0.0884. The molecule has 2 unspecified atom stereocenters. The normalized spacial score (nSPS) is 14.9. The van der Waals surface area contributed by atoms with Gasteiger partial charge in [-0.3, -0.25) is 4.68 Å². The largest absolute Gasteiger partial charge is 0.396 e. The minimum atomic E-state index is -0.429. The lowest BCUT2D eigenvalue weighted by Gasteiger charge is -2.26. The van der Waals surface area contributed by atoms with E-state index in [2.05, 4.69) is 30.9 Å². The molecule has 0 saturated heterocycles. The first-order chi connectivity index (χ1) is 8.86. The van der Waals surface area contributed by atoms with Crippen molar-refractivity contribution in [3.8, 4) is 0 Å². The van der Waals surface area contributed by atoms with E-state index in [1.54, 1.807) is 4.68 Å². The molecule has 0 aromatic carbocycles. The van der Waals surface area contributed by atoms with Crippen LogP contribution < -0.4 is 5.73 Å². The summed E-state index contributed by atoms with van der Waals surface area (Å²) in [6, 6.07) is 0.491. The number of aromatic nitrogens is 2. The summed E-state index contributed by atoms with van der Waals surface area (Å²) in [5.74, 6) is 0. The quantitative estimate of drug-likeness (QED) is 0.787. The zero-order valence-corrected chi connectivity index (χ0v) is 12.8. The van der Waals surface area contributed by atoms with Crippen LogP contribution in [0.15, 0.2) is 0 Å². The van der Waals surface area contributed by atoms with Crippen LogP contribution in [0.5, 0.6) is 0 Å². The molecule has 1 heterocycles. The molecule has 0 radical (unpaired) electrons. The summed E-state index contributed by atoms with van der Waals surface area (Å²) in [5, 5.41) is 14.5. The van der Waals surface area contributed by atoms with Gasteiger partial charge in [-0.25, -0.2) is 0 Å². The second kappa shape index (κ2) is 6.91. The van der Waals surface area contributed by atoms with Crippen molar-refractivity contribution in [1.29, 1.82) is 0 Å². The number of aliphatic hydroxyl groups excluding tert-OH is 1. The highest BCUT2D eigenvalue weighted by molar-refractivity contribution is 5.46. The van der Waals surface area contributed by atoms with Crippen molar-refractivity contribution in [2.75, 3.05) is 19.3 Å². The van der Waals surface area contributed by atoms with E-state index in [0.29, 0.717) is 19.1 Å². The fraction of sp³-hybridized carbons (Fsp3) is 0.786. The highest BCUT2D eigenvalue weighted by atomic mass is 16.3. The van der Waals surface area contributed by atoms with Gasteiger partial charge in [0.2, 0.25) is 0 Å². The van der Waals surface area contributed by atoms with Gasteiger partial charge < -0.3 is 15.7 Å². The van der Waals surface area contributed by atoms with Crippen LogP contribution in [0.4, 0.5) is 5.69 Å². The van der Waals surface area contributed by atoms with Gasteiger partial charge in [-0.15, -0.1) is 0 Å². The van der Waals surface area contributed by atoms with Gasteiger partial charge in [0.1, 0.15) is 0 Å². The molecular formula is C14H28N4O. The van der Waals surface area contributed by atoms with Crippen LogP contribution >= 0.6 is 0 Å². The first-order valence-corrected chi connectivity index (χ1v) is 7.04. The Morgan fingerprint density at radius 3 is 2.53 bits per heavy atom. The summed E-state index contributed by atoms with van der Waals surface area (Å²) < 4.78 is 1.80. The first kappa shape index (κ1) is 16.0. The Hall–Kier alpha value is -1.07. The number of aryl methyl sites for hydroxylation is 1. The third-order valence-corrected chi connectivity index (χ3v) is 3.78. The second-order valence-corrected chi connectivity index (χ2v) is 5.50. The van der Waals surface area contributed by atoms with E-state index in [-0.39, 0.29) is 0 Å². The number of anilines is 1. The molecular weight excluding hydrogens is 240 g/mol. The molecule has 19 heavy (non-hydrogen) atoms. The molecule has 2 atom stereocenters. The summed E-state index contributed by atoms with van der Waals surface area (Å²) in [6.07, 6.45) is 1.88. The molecule has 1 rings (SSSR count). The van der Waals surface area contributed by atoms with E-state index in [1.165, 1.54) is 0 Å². The zero-order chi connectivity index (χ0) is 14.6. The Labute approximate surface area is 116 Å². The second-order valence-electron chi connectivity index (χ2n) is 5.50. The molecule has 0 spiro atoms. The molecule has 0 aliphatic heterocycles. The minimum Gasteiger partial charge on any atom is -0.396 e. The molecule has 5 nitrogen and oxygen atoms in total. The van der Waals surface area contributed by atoms with Gasteiger partial charge in [0.15, 0.2) is 0 Å². The van der Waals surface area contributed by atoms with Crippen molar-refractivity contribution in [2.24, 2.45) is 0 Å². The van der Waals surface area contributed by atoms with Crippen molar-refractivity contribution < 1.29 is 5.11 Å². The summed E-state index contributed by atoms with van der Waals surface area (Å²) >= 11 is 0. The van der Waals surface area contributed by atoms with Crippen molar-refractivity contribution >= 4 is 5.69 Å². The number of aliphatic hydroxyl groups is 1. The topological polar surface area (TPSA) is 67.3 Å². The van der Waals surface area contributed by atoms with Crippen LogP contribution in [0.2, 0.25) is 0 Å². The molecule has 0 saturated carbocycles. The molecule has 0 aliphatic rings. The highest BCUT2D eigenvalue weighted by Gasteiger charge is 2.16. The molecule has 0 bridgehead atoms. The third-order valence-electron chi connectivity index (χ3n) is 3.78. The van der Waals surface area contributed by atoms with Gasteiger partial charge in [0.25, 0.3) is 0 Å². The number of nitrogens with two attached hydrogens (primary N) is 1. The van der Waals surface area contributed by atoms with Crippen LogP contribution in [-0.2, 0) is 6.54 Å². The van der Waals surface area contributed by atoms with E-state index in [9.17, 15) is 5.11 Å². The zero-order valence-electron chi connectivity index (χ0n) is 12.8. The van der Waals surface area contributed by atoms with Crippen molar-refractivity contribution in [2.45, 2.75) is 59.2 Å². The molecule has 1 aromatic rings. The smallest absolute Gasteiger partial charge is 0.0862 e. The molecule has 0 amide bonds. The van der Waals surface area contributed by atoms with E-state index >= 15 is 0 Å². The van der Waals surface area contributed by atoms with Crippen LogP contribution in [-0.4, -0.2) is 45.5 Å². The predicted octanol–water partition coefficient (Wildman–Crippen LogP) is 1.56. The van der Waals surface area contributed by atoms with E-state index in [4.69, 9.17) is 5.73 Å². The third kappa shape index (κ3) is 4.21. The fourth-order valence-corrected chi connectivity index (χ4v) is 2.30. The minimum absolute atomic E-state index is 0.429. The number of hydrogen-bond acceptors (Lipinski definition) is 4. The molecule has 1 aromatic heterocycles. The number of likely N-dealkylation sites (N-methyl/N-ethyl adjacent to an activating group) is 1. The van der Waals surface area contributed by atoms with E-state index in [1.807, 2.05) is 13.8 Å². The Bertz CT molecular complexity index is 402. The summed E-state index contributed by atoms with van der Waals surface area (Å²) in [7, 11) is 2.05. The lowest BCUT2D eigenvalue weighted by atomic mass is 10.1. The van der Waals surface area contributed by atoms with Crippen LogP contribution in [0, 0.1) is 13.8 Å². The molecule has 0 fully saturated rings. The van der Waals surface area contributed by atoms with Crippen LogP contribution in [0.3, 0.4) is 0 Å². The maximum Gasteiger partial charge on any atom is 0.0862 e. The maximum atomic E-state index is 10.2. The van der Waals surface area contributed by atoms with Gasteiger partial charge in [0, 0.05) is 12.6 Å². The Morgan fingerprint density at radius 1 is 1.42 bits per heavy atom. The van der Waals surface area contributed by atoms with Gasteiger partial charge in [-0.2, -0.15) is 5.10 Å². The number of hydrogen-bond donors (Lipinski definition) is 2. The monoisotopic (exact) mass is 268 g/mol. The fourth-order valence-electron chi connectivity index (χ4n) is 2.30. The average molecular weight is 268 g/mol. The summed E-state index contributed by atoms with van der Waals surface area (Å²) in [5.41, 5.74) is 8.38. The lowest BCUT2D eigenvalue weighted by Crippen LogP contribution is -2.37. The van der Waals surface area contributed by atoms with Gasteiger partial charge in [-0.1, -0.05) is 13.3 Å². The van der Waals surface area contributed by atoms with Crippen LogP contribution in [0.1, 0.15) is 38.1 Å². The highest BCUT2D eigenvalue weighted by Crippen LogP contribution is 2.15. The Kier molecular flexibility index (Phi) is 5.82. The summed E-state index contributed by atoms with van der Waals surface area (Å²) in [6.45, 7) is 9.34. The number of nitrogens with zero attached hydrogens (tertiary/aromatic N) is 3. The van der Waals surface area contributed by atoms with Crippen molar-refractivity contribution in [1.82, 2.24) is 14.7 Å². The SMILES string of the molecule is CCCC(C)N(C)CC(O)Cn1nc(C)c(N)c1C. The molecule has 3 N–H and O–H groups in total. The van der Waals surface area contributed by atoms with Gasteiger partial charge in [0.05, 0.1) is 29.7 Å². The van der Waals surface area contributed by atoms with Crippen molar-refractivity contribution in [3.05, 3.63) is 11.4 Å². The predicted molar refractivity (Wildman–Crippen MR) is 79.1 cm³/mol. The molecule has 110 valence electrons. The molecule has 0 aliphatic carbocycles. The average Bonchev–Trinajstić information content (AvgIpc) is 2.57.